The number of aromatic nitrogens is 4. The van der Waals surface area contributed by atoms with Gasteiger partial charge in [0.25, 0.3) is 0 Å². The summed E-state index contributed by atoms with van der Waals surface area (Å²) in [6, 6.07) is 34.3. The van der Waals surface area contributed by atoms with Gasteiger partial charge in [0.2, 0.25) is 0 Å². The van der Waals surface area contributed by atoms with Crippen molar-refractivity contribution in [3.63, 3.8) is 0 Å². The molecule has 8 aromatic rings. The van der Waals surface area contributed by atoms with Crippen molar-refractivity contribution in [1.29, 1.82) is 0 Å². The summed E-state index contributed by atoms with van der Waals surface area (Å²) in [5.41, 5.74) is 7.73. The lowest BCUT2D eigenvalue weighted by Crippen LogP contribution is -1.98. The van der Waals surface area contributed by atoms with E-state index in [-0.39, 0.29) is 0 Å². The van der Waals surface area contributed by atoms with Gasteiger partial charge in [-0.25, -0.2) is 4.98 Å². The minimum Gasteiger partial charge on any atom is -0.307 e. The van der Waals surface area contributed by atoms with Crippen molar-refractivity contribution in [3.05, 3.63) is 109 Å². The molecule has 0 amide bonds. The predicted octanol–water partition coefficient (Wildman–Crippen LogP) is 7.29. The molecule has 0 bridgehead atoms. The first-order valence-corrected chi connectivity index (χ1v) is 11.4. The Morgan fingerprint density at radius 3 is 2.15 bits per heavy atom. The average Bonchev–Trinajstić information content (AvgIpc) is 3.46. The molecule has 0 saturated carbocycles. The quantitative estimate of drug-likeness (QED) is 0.254. The molecule has 4 heteroatoms. The predicted molar refractivity (Wildman–Crippen MR) is 140 cm³/mol. The molecule has 158 valence electrons. The number of fused-ring (bicyclic) bond motifs is 12. The Labute approximate surface area is 194 Å². The third kappa shape index (κ3) is 2.17. The first-order valence-electron chi connectivity index (χ1n) is 11.4. The fourth-order valence-electron chi connectivity index (χ4n) is 5.57. The number of imidazole rings is 1. The molecule has 4 heterocycles. The van der Waals surface area contributed by atoms with Crippen molar-refractivity contribution in [2.75, 3.05) is 0 Å². The molecule has 0 aliphatic rings. The molecule has 0 radical (unpaired) electrons. The van der Waals surface area contributed by atoms with Crippen LogP contribution in [0.4, 0.5) is 0 Å². The summed E-state index contributed by atoms with van der Waals surface area (Å²) in [7, 11) is 0. The fourth-order valence-corrected chi connectivity index (χ4v) is 5.57. The van der Waals surface area contributed by atoms with Gasteiger partial charge in [-0.3, -0.25) is 9.38 Å². The van der Waals surface area contributed by atoms with Crippen molar-refractivity contribution in [1.82, 2.24) is 18.9 Å². The zero-order valence-electron chi connectivity index (χ0n) is 18.2. The topological polar surface area (TPSA) is 35.1 Å². The molecule has 0 unspecified atom stereocenters. The third-order valence-corrected chi connectivity index (χ3v) is 6.96. The van der Waals surface area contributed by atoms with E-state index in [1.165, 1.54) is 38.1 Å². The maximum absolute atomic E-state index is 5.07. The summed E-state index contributed by atoms with van der Waals surface area (Å²) in [6.07, 6.45) is 3.81. The van der Waals surface area contributed by atoms with E-state index in [4.69, 9.17) is 4.98 Å². The van der Waals surface area contributed by atoms with Crippen LogP contribution in [0.2, 0.25) is 0 Å². The van der Waals surface area contributed by atoms with Crippen molar-refractivity contribution in [2.24, 2.45) is 0 Å². The zero-order valence-corrected chi connectivity index (χ0v) is 18.2. The highest BCUT2D eigenvalue weighted by Crippen LogP contribution is 2.40. The minimum absolute atomic E-state index is 0.939. The molecule has 0 aliphatic carbocycles. The van der Waals surface area contributed by atoms with Crippen LogP contribution in [0.25, 0.3) is 65.8 Å². The van der Waals surface area contributed by atoms with Gasteiger partial charge in [-0.15, -0.1) is 0 Å². The molecule has 0 atom stereocenters. The van der Waals surface area contributed by atoms with E-state index in [0.29, 0.717) is 0 Å². The molecule has 0 spiro atoms. The third-order valence-electron chi connectivity index (χ3n) is 6.96. The summed E-state index contributed by atoms with van der Waals surface area (Å²) >= 11 is 0. The standard InChI is InChI=1S/C30H18N4/c1-2-8-19(9-3-1)33-26-12-6-4-10-21(26)23-15-14-22-20-16-17-31-18-24(20)30-32-25-11-5-7-13-27(25)34(30)29(22)28(23)33/h1-18H. The highest BCUT2D eigenvalue weighted by Gasteiger charge is 2.20. The lowest BCUT2D eigenvalue weighted by atomic mass is 10.0. The van der Waals surface area contributed by atoms with E-state index in [1.54, 1.807) is 0 Å². The van der Waals surface area contributed by atoms with Gasteiger partial charge in [-0.1, -0.05) is 60.7 Å². The van der Waals surface area contributed by atoms with Crippen molar-refractivity contribution < 1.29 is 0 Å². The van der Waals surface area contributed by atoms with E-state index < -0.39 is 0 Å². The maximum Gasteiger partial charge on any atom is 0.148 e. The summed E-state index contributed by atoms with van der Waals surface area (Å²) < 4.78 is 4.73. The van der Waals surface area contributed by atoms with Crippen LogP contribution in [-0.4, -0.2) is 18.9 Å². The van der Waals surface area contributed by atoms with Gasteiger partial charge in [-0.2, -0.15) is 0 Å². The molecule has 8 rings (SSSR count). The molecule has 0 fully saturated rings. The van der Waals surface area contributed by atoms with Crippen LogP contribution in [0.3, 0.4) is 0 Å². The van der Waals surface area contributed by atoms with Gasteiger partial charge < -0.3 is 4.57 Å². The van der Waals surface area contributed by atoms with E-state index in [1.807, 2.05) is 18.5 Å². The first-order chi connectivity index (χ1) is 16.9. The molecule has 34 heavy (non-hydrogen) atoms. The van der Waals surface area contributed by atoms with Gasteiger partial charge in [0.1, 0.15) is 5.65 Å². The van der Waals surface area contributed by atoms with Crippen molar-refractivity contribution in [2.45, 2.75) is 0 Å². The molecular weight excluding hydrogens is 416 g/mol. The molecule has 0 saturated heterocycles. The molecular formula is C30H18N4. The Bertz CT molecular complexity index is 2060. The Morgan fingerprint density at radius 2 is 1.26 bits per heavy atom. The Kier molecular flexibility index (Phi) is 3.36. The van der Waals surface area contributed by atoms with Crippen LogP contribution in [-0.2, 0) is 0 Å². The molecule has 0 N–H and O–H groups in total. The highest BCUT2D eigenvalue weighted by atomic mass is 15.1. The van der Waals surface area contributed by atoms with Gasteiger partial charge >= 0.3 is 0 Å². The van der Waals surface area contributed by atoms with E-state index in [2.05, 4.69) is 105 Å². The summed E-state index contributed by atoms with van der Waals surface area (Å²) in [4.78, 5) is 9.51. The van der Waals surface area contributed by atoms with Crippen LogP contribution >= 0.6 is 0 Å². The smallest absolute Gasteiger partial charge is 0.148 e. The average molecular weight is 435 g/mol. The van der Waals surface area contributed by atoms with Crippen molar-refractivity contribution in [3.8, 4) is 5.69 Å². The second-order valence-corrected chi connectivity index (χ2v) is 8.73. The number of para-hydroxylation sites is 4. The molecule has 4 aromatic carbocycles. The normalized spacial score (nSPS) is 12.1. The second kappa shape index (κ2) is 6.42. The summed E-state index contributed by atoms with van der Waals surface area (Å²) in [5, 5.41) is 5.91. The Morgan fingerprint density at radius 1 is 0.529 bits per heavy atom. The van der Waals surface area contributed by atoms with Crippen LogP contribution in [0.5, 0.6) is 0 Å². The highest BCUT2D eigenvalue weighted by molar-refractivity contribution is 6.24. The molecule has 4 nitrogen and oxygen atoms in total. The fraction of sp³-hybridized carbons (Fsp3) is 0. The van der Waals surface area contributed by atoms with Crippen molar-refractivity contribution >= 4 is 60.2 Å². The lowest BCUT2D eigenvalue weighted by molar-refractivity contribution is 1.18. The van der Waals surface area contributed by atoms with Gasteiger partial charge in [-0.05, 0) is 41.8 Å². The van der Waals surface area contributed by atoms with Crippen LogP contribution in [0.1, 0.15) is 0 Å². The molecule has 4 aromatic heterocycles. The Hall–Kier alpha value is -4.70. The van der Waals surface area contributed by atoms with Crippen LogP contribution < -0.4 is 0 Å². The summed E-state index contributed by atoms with van der Waals surface area (Å²) in [6.45, 7) is 0. The zero-order chi connectivity index (χ0) is 22.2. The largest absolute Gasteiger partial charge is 0.307 e. The number of benzene rings is 4. The summed E-state index contributed by atoms with van der Waals surface area (Å²) in [5.74, 6) is 0. The lowest BCUT2D eigenvalue weighted by Gasteiger charge is -2.13. The number of nitrogens with zero attached hydrogens (tertiary/aromatic N) is 4. The Balaban J connectivity index is 1.78. The first kappa shape index (κ1) is 17.8. The van der Waals surface area contributed by atoms with Gasteiger partial charge in [0, 0.05) is 39.6 Å². The van der Waals surface area contributed by atoms with Crippen LogP contribution in [0.15, 0.2) is 109 Å². The number of hydrogen-bond donors (Lipinski definition) is 0. The number of rotatable bonds is 1. The van der Waals surface area contributed by atoms with E-state index >= 15 is 0 Å². The van der Waals surface area contributed by atoms with E-state index in [9.17, 15) is 0 Å². The number of pyridine rings is 2. The minimum atomic E-state index is 0.939. The molecule has 0 aliphatic heterocycles. The number of hydrogen-bond acceptors (Lipinski definition) is 2. The van der Waals surface area contributed by atoms with Crippen LogP contribution in [0, 0.1) is 0 Å². The second-order valence-electron chi connectivity index (χ2n) is 8.73. The monoisotopic (exact) mass is 434 g/mol. The van der Waals surface area contributed by atoms with E-state index in [0.717, 1.165) is 27.8 Å². The van der Waals surface area contributed by atoms with Gasteiger partial charge in [0.05, 0.1) is 27.6 Å². The maximum atomic E-state index is 5.07. The van der Waals surface area contributed by atoms with Gasteiger partial charge in [0.15, 0.2) is 0 Å². The SMILES string of the molecule is c1ccc(-n2c3ccccc3c3ccc4c5ccncc5c5nc6ccccc6n5c4c32)cc1.